The number of carbonyl (C=O) groups excluding carboxylic acids is 1. The summed E-state index contributed by atoms with van der Waals surface area (Å²) in [5, 5.41) is 22.5. The first-order valence-corrected chi connectivity index (χ1v) is 8.90. The van der Waals surface area contributed by atoms with E-state index in [9.17, 15) is 9.90 Å². The van der Waals surface area contributed by atoms with Crippen LogP contribution in [-0.2, 0) is 4.74 Å². The number of fused-ring (bicyclic) bond motifs is 1. The Hall–Kier alpha value is -3.17. The minimum atomic E-state index is -0.412. The predicted octanol–water partition coefficient (Wildman–Crippen LogP) is 2.23. The van der Waals surface area contributed by atoms with Crippen LogP contribution < -0.4 is 15.4 Å². The van der Waals surface area contributed by atoms with Gasteiger partial charge in [0.15, 0.2) is 0 Å². The number of H-pyrrole nitrogens is 1. The van der Waals surface area contributed by atoms with Crippen LogP contribution >= 0.6 is 0 Å². The number of methoxy groups -OCH3 is 1. The molecule has 3 aromatic rings. The summed E-state index contributed by atoms with van der Waals surface area (Å²) in [4.78, 5) is 16.6. The average molecular weight is 385 g/mol. The number of aromatic amines is 1. The van der Waals surface area contributed by atoms with E-state index < -0.39 is 6.03 Å². The lowest BCUT2D eigenvalue weighted by molar-refractivity contribution is 0.144. The van der Waals surface area contributed by atoms with Crippen LogP contribution in [0.2, 0.25) is 0 Å². The van der Waals surface area contributed by atoms with Gasteiger partial charge in [-0.1, -0.05) is 30.3 Å². The van der Waals surface area contributed by atoms with Crippen LogP contribution in [-0.4, -0.2) is 53.2 Å². The van der Waals surface area contributed by atoms with E-state index in [0.717, 1.165) is 5.56 Å². The number of pyridine rings is 1. The van der Waals surface area contributed by atoms with Gasteiger partial charge >= 0.3 is 6.03 Å². The SMILES string of the molecule is COCCOc1n[nH]c2cc(NC(=O)N[C@H](CCO)c3ccccc3)ncc12. The fourth-order valence-corrected chi connectivity index (χ4v) is 2.74. The zero-order valence-corrected chi connectivity index (χ0v) is 15.5. The van der Waals surface area contributed by atoms with E-state index in [1.54, 1.807) is 19.4 Å². The molecule has 0 radical (unpaired) electrons. The van der Waals surface area contributed by atoms with Crippen molar-refractivity contribution in [2.24, 2.45) is 0 Å². The quantitative estimate of drug-likeness (QED) is 0.419. The Kier molecular flexibility index (Phi) is 6.77. The molecule has 1 aromatic carbocycles. The van der Waals surface area contributed by atoms with E-state index >= 15 is 0 Å². The maximum Gasteiger partial charge on any atom is 0.320 e. The van der Waals surface area contributed by atoms with Gasteiger partial charge in [0.05, 0.1) is 23.6 Å². The number of nitrogens with one attached hydrogen (secondary N) is 3. The number of amides is 2. The molecule has 0 unspecified atom stereocenters. The monoisotopic (exact) mass is 385 g/mol. The Bertz CT molecular complexity index is 900. The molecule has 9 heteroatoms. The third kappa shape index (κ3) is 4.96. The van der Waals surface area contributed by atoms with Crippen molar-refractivity contribution in [3.8, 4) is 5.88 Å². The Labute approximate surface area is 162 Å². The van der Waals surface area contributed by atoms with Crippen molar-refractivity contribution in [2.45, 2.75) is 12.5 Å². The summed E-state index contributed by atoms with van der Waals surface area (Å²) in [6.45, 7) is 0.798. The molecule has 2 aromatic heterocycles. The standard InChI is InChI=1S/C19H23N5O4/c1-27-9-10-28-18-14-12-20-17(11-16(14)23-24-18)22-19(26)21-15(7-8-25)13-5-3-2-4-6-13/h2-6,11-12,15,25H,7-10H2,1H3,(H,23,24)(H2,20,21,22,26)/t15-/m1/s1. The number of aliphatic hydroxyl groups excluding tert-OH is 1. The summed E-state index contributed by atoms with van der Waals surface area (Å²) in [5.41, 5.74) is 1.61. The number of anilines is 1. The van der Waals surface area contributed by atoms with Crippen molar-refractivity contribution >= 4 is 22.8 Å². The highest BCUT2D eigenvalue weighted by Gasteiger charge is 2.15. The first-order valence-electron chi connectivity index (χ1n) is 8.90. The van der Waals surface area contributed by atoms with Crippen LogP contribution in [0.1, 0.15) is 18.0 Å². The smallest absolute Gasteiger partial charge is 0.320 e. The van der Waals surface area contributed by atoms with Gasteiger partial charge in [-0.3, -0.25) is 10.4 Å². The minimum Gasteiger partial charge on any atom is -0.474 e. The van der Waals surface area contributed by atoms with Crippen LogP contribution in [0.25, 0.3) is 10.9 Å². The van der Waals surface area contributed by atoms with Crippen molar-refractivity contribution in [1.29, 1.82) is 0 Å². The zero-order chi connectivity index (χ0) is 19.8. The Morgan fingerprint density at radius 3 is 2.86 bits per heavy atom. The fraction of sp³-hybridized carbons (Fsp3) is 0.316. The van der Waals surface area contributed by atoms with Crippen LogP contribution in [0.15, 0.2) is 42.6 Å². The molecule has 2 amide bonds. The third-order valence-electron chi connectivity index (χ3n) is 4.11. The predicted molar refractivity (Wildman–Crippen MR) is 104 cm³/mol. The van der Waals surface area contributed by atoms with Crippen LogP contribution in [0.4, 0.5) is 10.6 Å². The van der Waals surface area contributed by atoms with Crippen molar-refractivity contribution in [3.05, 3.63) is 48.2 Å². The Balaban J connectivity index is 1.65. The van der Waals surface area contributed by atoms with Crippen molar-refractivity contribution in [1.82, 2.24) is 20.5 Å². The highest BCUT2D eigenvalue weighted by atomic mass is 16.5. The van der Waals surface area contributed by atoms with Gasteiger partial charge in [-0.2, -0.15) is 0 Å². The molecule has 4 N–H and O–H groups in total. The molecule has 148 valence electrons. The number of rotatable bonds is 9. The number of ether oxygens (including phenoxy) is 2. The van der Waals surface area contributed by atoms with Crippen molar-refractivity contribution in [3.63, 3.8) is 0 Å². The van der Waals surface area contributed by atoms with E-state index in [1.807, 2.05) is 30.3 Å². The maximum atomic E-state index is 12.4. The Morgan fingerprint density at radius 1 is 1.29 bits per heavy atom. The first-order chi connectivity index (χ1) is 13.7. The van der Waals surface area contributed by atoms with Crippen molar-refractivity contribution < 1.29 is 19.4 Å². The van der Waals surface area contributed by atoms with E-state index in [-0.39, 0.29) is 12.6 Å². The average Bonchev–Trinajstić information content (AvgIpc) is 3.11. The van der Waals surface area contributed by atoms with Gasteiger partial charge < -0.3 is 19.9 Å². The number of aliphatic hydroxyl groups is 1. The molecule has 2 heterocycles. The number of carbonyl (C=O) groups is 1. The lowest BCUT2D eigenvalue weighted by Gasteiger charge is -2.18. The van der Waals surface area contributed by atoms with Crippen LogP contribution in [0.3, 0.4) is 0 Å². The molecule has 1 atom stereocenters. The molecule has 0 saturated heterocycles. The summed E-state index contributed by atoms with van der Waals surface area (Å²) in [6, 6.07) is 10.4. The normalized spacial score (nSPS) is 11.9. The van der Waals surface area contributed by atoms with Crippen molar-refractivity contribution in [2.75, 3.05) is 32.2 Å². The van der Waals surface area contributed by atoms with Gasteiger partial charge in [-0.25, -0.2) is 9.78 Å². The highest BCUT2D eigenvalue weighted by Crippen LogP contribution is 2.23. The molecule has 0 spiro atoms. The highest BCUT2D eigenvalue weighted by molar-refractivity contribution is 5.92. The van der Waals surface area contributed by atoms with Crippen LogP contribution in [0.5, 0.6) is 5.88 Å². The molecule has 3 rings (SSSR count). The van der Waals surface area contributed by atoms with Gasteiger partial charge in [0.25, 0.3) is 0 Å². The molecule has 0 aliphatic carbocycles. The molecule has 0 bridgehead atoms. The largest absolute Gasteiger partial charge is 0.474 e. The second-order valence-corrected chi connectivity index (χ2v) is 6.06. The van der Waals surface area contributed by atoms with Gasteiger partial charge in [-0.15, -0.1) is 5.10 Å². The minimum absolute atomic E-state index is 0.0377. The second kappa shape index (κ2) is 9.67. The topological polar surface area (TPSA) is 121 Å². The number of hydrogen-bond acceptors (Lipinski definition) is 6. The van der Waals surface area contributed by atoms with Gasteiger partial charge in [0.2, 0.25) is 5.88 Å². The molecular formula is C19H23N5O4. The Morgan fingerprint density at radius 2 is 2.11 bits per heavy atom. The second-order valence-electron chi connectivity index (χ2n) is 6.06. The van der Waals surface area contributed by atoms with Gasteiger partial charge in [0, 0.05) is 26.0 Å². The van der Waals surface area contributed by atoms with Crippen LogP contribution in [0, 0.1) is 0 Å². The molecule has 9 nitrogen and oxygen atoms in total. The number of nitrogens with zero attached hydrogens (tertiary/aromatic N) is 2. The number of aromatic nitrogens is 3. The maximum absolute atomic E-state index is 12.4. The summed E-state index contributed by atoms with van der Waals surface area (Å²) in [6.07, 6.45) is 1.99. The third-order valence-corrected chi connectivity index (χ3v) is 4.11. The summed E-state index contributed by atoms with van der Waals surface area (Å²) >= 11 is 0. The number of hydrogen-bond donors (Lipinski definition) is 4. The fourth-order valence-electron chi connectivity index (χ4n) is 2.74. The molecule has 28 heavy (non-hydrogen) atoms. The first kappa shape index (κ1) is 19.6. The summed E-state index contributed by atoms with van der Waals surface area (Å²) < 4.78 is 10.5. The van der Waals surface area contributed by atoms with E-state index in [2.05, 4.69) is 25.8 Å². The number of urea groups is 1. The van der Waals surface area contributed by atoms with E-state index in [0.29, 0.717) is 42.2 Å². The van der Waals surface area contributed by atoms with E-state index in [1.165, 1.54) is 0 Å². The number of benzene rings is 1. The van der Waals surface area contributed by atoms with E-state index in [4.69, 9.17) is 9.47 Å². The molecule has 0 saturated carbocycles. The molecule has 0 aliphatic rings. The lowest BCUT2D eigenvalue weighted by atomic mass is 10.0. The van der Waals surface area contributed by atoms with Gasteiger partial charge in [-0.05, 0) is 12.0 Å². The van der Waals surface area contributed by atoms with Gasteiger partial charge in [0.1, 0.15) is 12.4 Å². The summed E-state index contributed by atoms with van der Waals surface area (Å²) in [7, 11) is 1.60. The molecular weight excluding hydrogens is 362 g/mol. The summed E-state index contributed by atoms with van der Waals surface area (Å²) in [5.74, 6) is 0.801. The lowest BCUT2D eigenvalue weighted by Crippen LogP contribution is -2.33. The zero-order valence-electron chi connectivity index (χ0n) is 15.5. The molecule has 0 fully saturated rings. The molecule has 0 aliphatic heterocycles.